The van der Waals surface area contributed by atoms with E-state index < -0.39 is 23.9 Å². The van der Waals surface area contributed by atoms with Gasteiger partial charge in [-0.05, 0) is 37.3 Å². The number of carbonyl (C=O) groups excluding carboxylic acids is 2. The van der Waals surface area contributed by atoms with Crippen LogP contribution in [0.4, 0.5) is 14.9 Å². The number of halogens is 1. The molecule has 2 aromatic rings. The lowest BCUT2D eigenvalue weighted by molar-refractivity contribution is -0.139. The van der Waals surface area contributed by atoms with Gasteiger partial charge in [-0.25, -0.2) is 14.0 Å². The van der Waals surface area contributed by atoms with E-state index in [0.717, 1.165) is 0 Å². The molecule has 0 radical (unpaired) electrons. The van der Waals surface area contributed by atoms with Crippen LogP contribution in [0, 0.1) is 17.1 Å². The van der Waals surface area contributed by atoms with Crippen molar-refractivity contribution in [2.75, 3.05) is 44.2 Å². The minimum absolute atomic E-state index is 0.198. The Morgan fingerprint density at radius 2 is 2.09 bits per heavy atom. The molecule has 1 atom stereocenters. The van der Waals surface area contributed by atoms with Gasteiger partial charge in [0.05, 0.1) is 35.8 Å². The summed E-state index contributed by atoms with van der Waals surface area (Å²) in [6.45, 7) is 4.53. The Bertz CT molecular complexity index is 1100. The summed E-state index contributed by atoms with van der Waals surface area (Å²) in [4.78, 5) is 29.1. The summed E-state index contributed by atoms with van der Waals surface area (Å²) in [5.74, 6) is -0.520. The second kappa shape index (κ2) is 9.75. The Hall–Kier alpha value is -3.84. The molecule has 0 aliphatic carbocycles. The maximum absolute atomic E-state index is 14.4. The number of nitrogens with one attached hydrogen (secondary N) is 2. The molecule has 3 heterocycles. The number of nitrogens with zero attached hydrogens (tertiary/aromatic N) is 3. The molecule has 9 nitrogen and oxygen atoms in total. The average Bonchev–Trinajstić information content (AvgIpc) is 3.34. The van der Waals surface area contributed by atoms with Crippen LogP contribution in [0.1, 0.15) is 24.3 Å². The van der Waals surface area contributed by atoms with Crippen LogP contribution in [-0.4, -0.2) is 56.2 Å². The predicted molar refractivity (Wildman–Crippen MR) is 117 cm³/mol. The fourth-order valence-electron chi connectivity index (χ4n) is 4.06. The van der Waals surface area contributed by atoms with Gasteiger partial charge in [-0.3, -0.25) is 4.90 Å². The van der Waals surface area contributed by atoms with Gasteiger partial charge in [0.1, 0.15) is 17.6 Å². The fraction of sp³-hybridized carbons (Fsp3) is 0.348. The summed E-state index contributed by atoms with van der Waals surface area (Å²) in [5.41, 5.74) is 1.48. The normalized spacial score (nSPS) is 19.0. The van der Waals surface area contributed by atoms with Crippen molar-refractivity contribution in [3.63, 3.8) is 0 Å². The lowest BCUT2D eigenvalue weighted by Gasteiger charge is -2.37. The van der Waals surface area contributed by atoms with E-state index in [1.807, 2.05) is 11.0 Å². The molecule has 2 aliphatic rings. The number of rotatable bonds is 6. The highest BCUT2D eigenvalue weighted by molar-refractivity contribution is 5.95. The lowest BCUT2D eigenvalue weighted by atomic mass is 9.99. The van der Waals surface area contributed by atoms with Crippen LogP contribution in [0.2, 0.25) is 0 Å². The smallest absolute Gasteiger partial charge is 0.338 e. The number of benzene rings is 1. The number of esters is 1. The van der Waals surface area contributed by atoms with Crippen molar-refractivity contribution in [1.29, 1.82) is 5.26 Å². The summed E-state index contributed by atoms with van der Waals surface area (Å²) in [7, 11) is 0. The first kappa shape index (κ1) is 22.4. The lowest BCUT2D eigenvalue weighted by Crippen LogP contribution is -2.52. The molecule has 172 valence electrons. The first-order chi connectivity index (χ1) is 16.0. The van der Waals surface area contributed by atoms with Crippen molar-refractivity contribution in [3.8, 4) is 6.07 Å². The highest BCUT2D eigenvalue weighted by atomic mass is 19.1. The molecular weight excluding hydrogens is 429 g/mol. The van der Waals surface area contributed by atoms with Gasteiger partial charge in [0, 0.05) is 38.4 Å². The molecule has 2 N–H and O–H groups in total. The van der Waals surface area contributed by atoms with Crippen molar-refractivity contribution in [2.45, 2.75) is 13.0 Å². The predicted octanol–water partition coefficient (Wildman–Crippen LogP) is 2.28. The van der Waals surface area contributed by atoms with Gasteiger partial charge in [0.25, 0.3) is 0 Å². The summed E-state index contributed by atoms with van der Waals surface area (Å²) in [6, 6.07) is 8.58. The highest BCUT2D eigenvalue weighted by Gasteiger charge is 2.36. The Morgan fingerprint density at radius 1 is 1.30 bits per heavy atom. The van der Waals surface area contributed by atoms with Gasteiger partial charge in [-0.15, -0.1) is 0 Å². The molecule has 0 bridgehead atoms. The molecule has 1 fully saturated rings. The van der Waals surface area contributed by atoms with Crippen LogP contribution in [0.5, 0.6) is 0 Å². The monoisotopic (exact) mass is 453 g/mol. The van der Waals surface area contributed by atoms with Crippen molar-refractivity contribution in [1.82, 2.24) is 15.5 Å². The number of amides is 2. The van der Waals surface area contributed by atoms with Crippen molar-refractivity contribution in [3.05, 3.63) is 65.0 Å². The zero-order chi connectivity index (χ0) is 23.4. The van der Waals surface area contributed by atoms with Gasteiger partial charge >= 0.3 is 12.0 Å². The molecule has 1 aromatic carbocycles. The Morgan fingerprint density at radius 3 is 2.73 bits per heavy atom. The molecule has 0 saturated carbocycles. The number of furan rings is 1. The van der Waals surface area contributed by atoms with Gasteiger partial charge in [-0.2, -0.15) is 5.26 Å². The molecular formula is C23H24FN5O4. The van der Waals surface area contributed by atoms with E-state index in [1.54, 1.807) is 31.2 Å². The van der Waals surface area contributed by atoms with Crippen LogP contribution in [0.25, 0.3) is 0 Å². The van der Waals surface area contributed by atoms with Gasteiger partial charge in [0.15, 0.2) is 0 Å². The third-order valence-electron chi connectivity index (χ3n) is 5.65. The van der Waals surface area contributed by atoms with Crippen LogP contribution in [0.3, 0.4) is 0 Å². The van der Waals surface area contributed by atoms with Crippen LogP contribution in [-0.2, 0) is 9.53 Å². The number of hydrogen-bond acceptors (Lipinski definition) is 7. The third-order valence-corrected chi connectivity index (χ3v) is 5.65. The first-order valence-corrected chi connectivity index (χ1v) is 10.7. The van der Waals surface area contributed by atoms with Gasteiger partial charge < -0.3 is 24.7 Å². The second-order valence-corrected chi connectivity index (χ2v) is 7.70. The van der Waals surface area contributed by atoms with E-state index in [0.29, 0.717) is 55.4 Å². The van der Waals surface area contributed by atoms with Gasteiger partial charge in [0.2, 0.25) is 0 Å². The number of anilines is 1. The van der Waals surface area contributed by atoms with Crippen molar-refractivity contribution >= 4 is 17.7 Å². The zero-order valence-electron chi connectivity index (χ0n) is 18.1. The SMILES string of the molecule is CCOC(=O)C1=C(CN2CCN(c3ccc(C#N)cc3F)CC2)NC(=O)NC1c1ccco1. The molecule has 4 rings (SSSR count). The number of carbonyl (C=O) groups is 2. The molecule has 1 aromatic heterocycles. The fourth-order valence-corrected chi connectivity index (χ4v) is 4.06. The van der Waals surface area contributed by atoms with E-state index in [4.69, 9.17) is 14.4 Å². The Kier molecular flexibility index (Phi) is 6.60. The topological polar surface area (TPSA) is 111 Å². The highest BCUT2D eigenvalue weighted by Crippen LogP contribution is 2.29. The standard InChI is InChI=1S/C23H24FN5O4/c1-2-32-22(30)20-17(26-23(31)27-21(20)19-4-3-11-33-19)14-28-7-9-29(10-8-28)18-6-5-15(13-25)12-16(18)24/h3-6,11-12,21H,2,7-10,14H2,1H3,(H2,26,27,31). The van der Waals surface area contributed by atoms with Gasteiger partial charge in [-0.1, -0.05) is 0 Å². The quantitative estimate of drug-likeness (QED) is 0.646. The van der Waals surface area contributed by atoms with Crippen LogP contribution < -0.4 is 15.5 Å². The summed E-state index contributed by atoms with van der Waals surface area (Å²) in [6.07, 6.45) is 1.48. The molecule has 2 amide bonds. The second-order valence-electron chi connectivity index (χ2n) is 7.70. The molecule has 33 heavy (non-hydrogen) atoms. The molecule has 1 saturated heterocycles. The molecule has 10 heteroatoms. The minimum atomic E-state index is -0.753. The number of piperazine rings is 1. The van der Waals surface area contributed by atoms with E-state index in [9.17, 15) is 14.0 Å². The Labute approximate surface area is 190 Å². The maximum Gasteiger partial charge on any atom is 0.338 e. The number of hydrogen-bond donors (Lipinski definition) is 2. The van der Waals surface area contributed by atoms with Crippen molar-refractivity contribution < 1.29 is 23.1 Å². The largest absolute Gasteiger partial charge is 0.467 e. The van der Waals surface area contributed by atoms with Crippen LogP contribution >= 0.6 is 0 Å². The van der Waals surface area contributed by atoms with Crippen molar-refractivity contribution in [2.24, 2.45) is 0 Å². The molecule has 0 spiro atoms. The summed E-state index contributed by atoms with van der Waals surface area (Å²) in [5, 5.41) is 14.4. The van der Waals surface area contributed by atoms with E-state index in [1.165, 1.54) is 12.3 Å². The average molecular weight is 453 g/mol. The van der Waals surface area contributed by atoms with E-state index in [-0.39, 0.29) is 12.2 Å². The third kappa shape index (κ3) is 4.83. The molecule has 1 unspecified atom stereocenters. The zero-order valence-corrected chi connectivity index (χ0v) is 18.1. The minimum Gasteiger partial charge on any atom is -0.467 e. The Balaban J connectivity index is 1.51. The first-order valence-electron chi connectivity index (χ1n) is 10.7. The molecule has 2 aliphatic heterocycles. The maximum atomic E-state index is 14.4. The number of ether oxygens (including phenoxy) is 1. The number of nitriles is 1. The van der Waals surface area contributed by atoms with Crippen LogP contribution in [0.15, 0.2) is 52.3 Å². The summed E-state index contributed by atoms with van der Waals surface area (Å²) < 4.78 is 25.1. The van der Waals surface area contributed by atoms with E-state index in [2.05, 4.69) is 15.5 Å². The summed E-state index contributed by atoms with van der Waals surface area (Å²) >= 11 is 0. The number of urea groups is 1. The van der Waals surface area contributed by atoms with E-state index >= 15 is 0 Å².